The van der Waals surface area contributed by atoms with Crippen molar-refractivity contribution in [2.45, 2.75) is 25.3 Å². The average Bonchev–Trinajstić information content (AvgIpc) is 2.85. The van der Waals surface area contributed by atoms with Crippen LogP contribution in [0.15, 0.2) is 93.0 Å². The highest BCUT2D eigenvalue weighted by molar-refractivity contribution is 9.10. The Morgan fingerprint density at radius 1 is 1.00 bits per heavy atom. The van der Waals surface area contributed by atoms with Crippen molar-refractivity contribution in [2.75, 3.05) is 11.9 Å². The number of nitrogens with zero attached hydrogens (tertiary/aromatic N) is 2. The summed E-state index contributed by atoms with van der Waals surface area (Å²) in [5, 5.41) is 2.77. The van der Waals surface area contributed by atoms with Gasteiger partial charge in [-0.15, -0.1) is 0 Å². The minimum absolute atomic E-state index is 0.0192. The zero-order valence-electron chi connectivity index (χ0n) is 20.2. The smallest absolute Gasteiger partial charge is 0.251 e. The fraction of sp³-hybridized carbons (Fsp3) is 0.148. The Bertz CT molecular complexity index is 1580. The number of aromatic nitrogens is 2. The largest absolute Gasteiger partial charge is 0.325 e. The summed E-state index contributed by atoms with van der Waals surface area (Å²) < 4.78 is 29.0. The fourth-order valence-electron chi connectivity index (χ4n) is 3.70. The first-order valence-corrected chi connectivity index (χ1v) is 13.6. The predicted molar refractivity (Wildman–Crippen MR) is 147 cm³/mol. The monoisotopic (exact) mass is 580 g/mol. The van der Waals surface area contributed by atoms with E-state index < -0.39 is 22.5 Å². The van der Waals surface area contributed by atoms with Crippen LogP contribution in [0.3, 0.4) is 0 Å². The summed E-state index contributed by atoms with van der Waals surface area (Å²) in [6.07, 6.45) is 0. The number of carbonyl (C=O) groups excluding carboxylic acids is 1. The van der Waals surface area contributed by atoms with Gasteiger partial charge in [0.1, 0.15) is 5.82 Å². The van der Waals surface area contributed by atoms with Crippen LogP contribution in [0.5, 0.6) is 0 Å². The number of halogens is 1. The van der Waals surface area contributed by atoms with E-state index in [9.17, 15) is 18.0 Å². The van der Waals surface area contributed by atoms with Crippen LogP contribution in [-0.4, -0.2) is 35.1 Å². The van der Waals surface area contributed by atoms with Crippen LogP contribution in [0.1, 0.15) is 16.8 Å². The van der Waals surface area contributed by atoms with Crippen molar-refractivity contribution in [3.05, 3.63) is 111 Å². The molecule has 0 fully saturated rings. The van der Waals surface area contributed by atoms with E-state index in [2.05, 4.69) is 31.2 Å². The van der Waals surface area contributed by atoms with Gasteiger partial charge in [-0.2, -0.15) is 4.31 Å². The number of nitrogens with one attached hydrogen (secondary N) is 2. The van der Waals surface area contributed by atoms with E-state index in [1.165, 1.54) is 18.2 Å². The standard InChI is InChI=1S/C27H25BrN4O4S/c1-18-6-12-24(13-7-18)37(35,36)32(16-20-8-10-22(28)11-9-20)17-26(34)30-23-5-3-4-21(15-23)27-29-19(2)14-25(33)31-27/h3-15H,16-17H2,1-2H3,(H,30,34)(H,29,31,33). The molecule has 8 nitrogen and oxygen atoms in total. The average molecular weight is 581 g/mol. The molecule has 37 heavy (non-hydrogen) atoms. The van der Waals surface area contributed by atoms with Gasteiger partial charge in [0.25, 0.3) is 5.56 Å². The van der Waals surface area contributed by atoms with Gasteiger partial charge >= 0.3 is 0 Å². The lowest BCUT2D eigenvalue weighted by Crippen LogP contribution is -2.37. The van der Waals surface area contributed by atoms with Gasteiger partial charge in [0.05, 0.1) is 11.4 Å². The molecule has 0 aliphatic carbocycles. The quantitative estimate of drug-likeness (QED) is 0.315. The van der Waals surface area contributed by atoms with Crippen LogP contribution in [0.4, 0.5) is 5.69 Å². The van der Waals surface area contributed by atoms with Crippen LogP contribution in [0.25, 0.3) is 11.4 Å². The van der Waals surface area contributed by atoms with E-state index in [0.29, 0.717) is 22.8 Å². The molecule has 2 N–H and O–H groups in total. The summed E-state index contributed by atoms with van der Waals surface area (Å²) in [5.74, 6) is -0.129. The number of carbonyl (C=O) groups is 1. The number of benzene rings is 3. The highest BCUT2D eigenvalue weighted by atomic mass is 79.9. The van der Waals surface area contributed by atoms with E-state index >= 15 is 0 Å². The van der Waals surface area contributed by atoms with Gasteiger partial charge in [-0.25, -0.2) is 13.4 Å². The lowest BCUT2D eigenvalue weighted by Gasteiger charge is -2.22. The van der Waals surface area contributed by atoms with Gasteiger partial charge in [-0.05, 0) is 55.8 Å². The molecule has 4 aromatic rings. The molecule has 0 saturated carbocycles. The third-order valence-corrected chi connectivity index (χ3v) is 7.87. The number of anilines is 1. The van der Waals surface area contributed by atoms with Crippen LogP contribution in [0.2, 0.25) is 0 Å². The molecule has 190 valence electrons. The molecule has 1 heterocycles. The summed E-state index contributed by atoms with van der Waals surface area (Å²) in [4.78, 5) is 32.0. The summed E-state index contributed by atoms with van der Waals surface area (Å²) in [5.41, 5.74) is 3.02. The van der Waals surface area contributed by atoms with Gasteiger partial charge in [0.2, 0.25) is 15.9 Å². The maximum atomic E-state index is 13.5. The maximum Gasteiger partial charge on any atom is 0.251 e. The van der Waals surface area contributed by atoms with Crippen molar-refractivity contribution in [1.82, 2.24) is 14.3 Å². The van der Waals surface area contributed by atoms with Crippen LogP contribution < -0.4 is 10.9 Å². The number of aryl methyl sites for hydroxylation is 2. The highest BCUT2D eigenvalue weighted by Crippen LogP contribution is 2.22. The van der Waals surface area contributed by atoms with Crippen molar-refractivity contribution in [1.29, 1.82) is 0 Å². The second-order valence-electron chi connectivity index (χ2n) is 8.58. The number of H-pyrrole nitrogens is 1. The maximum absolute atomic E-state index is 13.5. The molecular formula is C27H25BrN4O4S. The normalized spacial score (nSPS) is 11.5. The number of rotatable bonds is 8. The first-order valence-electron chi connectivity index (χ1n) is 11.4. The highest BCUT2D eigenvalue weighted by Gasteiger charge is 2.27. The zero-order chi connectivity index (χ0) is 26.6. The van der Waals surface area contributed by atoms with Crippen molar-refractivity contribution < 1.29 is 13.2 Å². The first kappa shape index (κ1) is 26.5. The number of hydrogen-bond acceptors (Lipinski definition) is 5. The Labute approximate surface area is 223 Å². The van der Waals surface area contributed by atoms with Crippen molar-refractivity contribution in [2.24, 2.45) is 0 Å². The Kier molecular flexibility index (Phi) is 8.01. The molecule has 0 unspecified atom stereocenters. The van der Waals surface area contributed by atoms with Crippen molar-refractivity contribution >= 4 is 37.5 Å². The molecule has 0 aliphatic heterocycles. The number of sulfonamides is 1. The van der Waals surface area contributed by atoms with E-state index in [1.54, 1.807) is 55.5 Å². The molecule has 1 amide bonds. The molecule has 0 saturated heterocycles. The van der Waals surface area contributed by atoms with E-state index in [0.717, 1.165) is 19.9 Å². The Morgan fingerprint density at radius 2 is 1.70 bits per heavy atom. The third-order valence-electron chi connectivity index (χ3n) is 5.54. The number of hydrogen-bond donors (Lipinski definition) is 2. The van der Waals surface area contributed by atoms with Crippen LogP contribution in [-0.2, 0) is 21.4 Å². The molecule has 0 spiro atoms. The minimum Gasteiger partial charge on any atom is -0.325 e. The molecule has 0 atom stereocenters. The van der Waals surface area contributed by atoms with E-state index in [1.807, 2.05) is 19.1 Å². The summed E-state index contributed by atoms with van der Waals surface area (Å²) in [6, 6.07) is 22.0. The molecule has 0 radical (unpaired) electrons. The fourth-order valence-corrected chi connectivity index (χ4v) is 5.35. The molecule has 0 aliphatic rings. The second-order valence-corrected chi connectivity index (χ2v) is 11.4. The number of aromatic amines is 1. The van der Waals surface area contributed by atoms with Gasteiger partial charge in [-0.1, -0.05) is 57.9 Å². The summed E-state index contributed by atoms with van der Waals surface area (Å²) in [7, 11) is -3.96. The first-order chi connectivity index (χ1) is 17.6. The van der Waals surface area contributed by atoms with Crippen LogP contribution in [0, 0.1) is 13.8 Å². The molecule has 10 heteroatoms. The van der Waals surface area contributed by atoms with Gasteiger partial charge in [-0.3, -0.25) is 9.59 Å². The van der Waals surface area contributed by atoms with Crippen LogP contribution >= 0.6 is 15.9 Å². The molecule has 1 aromatic heterocycles. The summed E-state index contributed by atoms with van der Waals surface area (Å²) >= 11 is 3.38. The molecule has 0 bridgehead atoms. The summed E-state index contributed by atoms with van der Waals surface area (Å²) in [6.45, 7) is 3.22. The molecular weight excluding hydrogens is 556 g/mol. The lowest BCUT2D eigenvalue weighted by molar-refractivity contribution is -0.116. The topological polar surface area (TPSA) is 112 Å². The molecule has 4 rings (SSSR count). The second kappa shape index (κ2) is 11.2. The Morgan fingerprint density at radius 3 is 2.38 bits per heavy atom. The van der Waals surface area contributed by atoms with Crippen molar-refractivity contribution in [3.8, 4) is 11.4 Å². The molecule has 3 aromatic carbocycles. The minimum atomic E-state index is -3.96. The van der Waals surface area contributed by atoms with Gasteiger partial charge in [0.15, 0.2) is 0 Å². The van der Waals surface area contributed by atoms with Crippen molar-refractivity contribution in [3.63, 3.8) is 0 Å². The Hall–Kier alpha value is -3.60. The Balaban J connectivity index is 1.58. The number of amides is 1. The lowest BCUT2D eigenvalue weighted by atomic mass is 10.2. The van der Waals surface area contributed by atoms with Gasteiger partial charge in [0, 0.05) is 34.0 Å². The third kappa shape index (κ3) is 6.79. The predicted octanol–water partition coefficient (Wildman–Crippen LogP) is 4.65. The van der Waals surface area contributed by atoms with E-state index in [4.69, 9.17) is 0 Å². The zero-order valence-corrected chi connectivity index (χ0v) is 22.6. The SMILES string of the molecule is Cc1ccc(S(=O)(=O)N(CC(=O)Nc2cccc(-c3nc(C)cc(=O)[nH]3)c2)Cc2ccc(Br)cc2)cc1. The van der Waals surface area contributed by atoms with Gasteiger partial charge < -0.3 is 10.3 Å². The van der Waals surface area contributed by atoms with E-state index in [-0.39, 0.29) is 17.0 Å².